The van der Waals surface area contributed by atoms with Crippen LogP contribution in [0.1, 0.15) is 15.2 Å². The van der Waals surface area contributed by atoms with Gasteiger partial charge in [-0.05, 0) is 34.5 Å². The van der Waals surface area contributed by atoms with Crippen LogP contribution < -0.4 is 5.32 Å². The summed E-state index contributed by atoms with van der Waals surface area (Å²) in [6.07, 6.45) is 1.70. The predicted octanol–water partition coefficient (Wildman–Crippen LogP) is 3.17. The van der Waals surface area contributed by atoms with Crippen molar-refractivity contribution in [1.82, 2.24) is 4.98 Å². The number of nitrogens with one attached hydrogen (secondary N) is 1. The second-order valence-corrected chi connectivity index (χ2v) is 6.58. The summed E-state index contributed by atoms with van der Waals surface area (Å²) in [6.45, 7) is 0.552. The van der Waals surface area contributed by atoms with Crippen molar-refractivity contribution in [2.75, 3.05) is 11.9 Å². The number of pyridine rings is 1. The van der Waals surface area contributed by atoms with Crippen molar-refractivity contribution in [2.24, 2.45) is 0 Å². The first-order valence-electron chi connectivity index (χ1n) is 5.83. The van der Waals surface area contributed by atoms with Crippen molar-refractivity contribution in [3.05, 3.63) is 48.7 Å². The number of aromatic carboxylic acids is 1. The molecule has 2 heterocycles. The third-order valence-electron chi connectivity index (χ3n) is 2.62. The van der Waals surface area contributed by atoms with E-state index in [0.717, 1.165) is 21.3 Å². The standard InChI is InChI=1S/C12H10BrN3O4S/c13-10-2-1-7(21-10)3-4-14-11-5-8(12(17)18)9(6-15-11)16(19)20/h1-2,5-6H,3-4H2,(H,14,15)(H,17,18). The molecular weight excluding hydrogens is 362 g/mol. The highest BCUT2D eigenvalue weighted by atomic mass is 79.9. The summed E-state index contributed by atoms with van der Waals surface area (Å²) in [5.74, 6) is -1.05. The van der Waals surface area contributed by atoms with Crippen LogP contribution in [0.3, 0.4) is 0 Å². The molecule has 0 amide bonds. The minimum atomic E-state index is -1.35. The number of aromatic nitrogens is 1. The van der Waals surface area contributed by atoms with Crippen LogP contribution in [0.2, 0.25) is 0 Å². The molecule has 0 fully saturated rings. The lowest BCUT2D eigenvalue weighted by molar-refractivity contribution is -0.385. The second kappa shape index (κ2) is 6.64. The average molecular weight is 372 g/mol. The summed E-state index contributed by atoms with van der Waals surface area (Å²) in [5.41, 5.74) is -0.897. The molecule has 0 saturated carbocycles. The number of carboxylic acid groups (broad SMARTS) is 1. The van der Waals surface area contributed by atoms with Crippen molar-refractivity contribution in [3.8, 4) is 0 Å². The molecule has 0 bridgehead atoms. The molecule has 0 aliphatic rings. The summed E-state index contributed by atoms with van der Waals surface area (Å²) < 4.78 is 1.04. The van der Waals surface area contributed by atoms with Gasteiger partial charge in [0.2, 0.25) is 0 Å². The fourth-order valence-corrected chi connectivity index (χ4v) is 3.14. The van der Waals surface area contributed by atoms with Gasteiger partial charge in [0, 0.05) is 17.5 Å². The number of hydrogen-bond acceptors (Lipinski definition) is 6. The van der Waals surface area contributed by atoms with Crippen molar-refractivity contribution < 1.29 is 14.8 Å². The molecule has 2 rings (SSSR count). The van der Waals surface area contributed by atoms with E-state index in [9.17, 15) is 14.9 Å². The zero-order valence-electron chi connectivity index (χ0n) is 10.6. The number of carboxylic acids is 1. The number of halogens is 1. The maximum atomic E-state index is 11.0. The molecule has 0 saturated heterocycles. The third kappa shape index (κ3) is 3.99. The van der Waals surface area contributed by atoms with Gasteiger partial charge in [-0.25, -0.2) is 9.78 Å². The van der Waals surface area contributed by atoms with Gasteiger partial charge in [-0.1, -0.05) is 0 Å². The number of anilines is 1. The molecular formula is C12H10BrN3O4S. The van der Waals surface area contributed by atoms with Crippen LogP contribution in [0.15, 0.2) is 28.2 Å². The Morgan fingerprint density at radius 1 is 1.52 bits per heavy atom. The summed E-state index contributed by atoms with van der Waals surface area (Å²) in [4.78, 5) is 26.0. The second-order valence-electron chi connectivity index (χ2n) is 4.03. The Hall–Kier alpha value is -2.00. The fraction of sp³-hybridized carbons (Fsp3) is 0.167. The van der Waals surface area contributed by atoms with Crippen molar-refractivity contribution in [3.63, 3.8) is 0 Å². The maximum Gasteiger partial charge on any atom is 0.342 e. The van der Waals surface area contributed by atoms with E-state index in [2.05, 4.69) is 26.2 Å². The fourth-order valence-electron chi connectivity index (χ4n) is 1.66. The lowest BCUT2D eigenvalue weighted by Crippen LogP contribution is -2.09. The molecule has 0 unspecified atom stereocenters. The SMILES string of the molecule is O=C(O)c1cc(NCCc2ccc(Br)s2)ncc1[N+](=O)[O-]. The highest BCUT2D eigenvalue weighted by Gasteiger charge is 2.20. The molecule has 0 aromatic carbocycles. The van der Waals surface area contributed by atoms with Crippen LogP contribution >= 0.6 is 27.3 Å². The highest BCUT2D eigenvalue weighted by Crippen LogP contribution is 2.23. The van der Waals surface area contributed by atoms with E-state index in [1.165, 1.54) is 6.07 Å². The van der Waals surface area contributed by atoms with Gasteiger partial charge in [0.15, 0.2) is 0 Å². The van der Waals surface area contributed by atoms with E-state index in [-0.39, 0.29) is 5.56 Å². The largest absolute Gasteiger partial charge is 0.477 e. The topological polar surface area (TPSA) is 105 Å². The van der Waals surface area contributed by atoms with E-state index in [0.29, 0.717) is 12.4 Å². The first-order chi connectivity index (χ1) is 9.97. The molecule has 0 spiro atoms. The summed E-state index contributed by atoms with van der Waals surface area (Å²) in [6, 6.07) is 5.11. The van der Waals surface area contributed by atoms with Gasteiger partial charge in [0.1, 0.15) is 17.6 Å². The minimum Gasteiger partial charge on any atom is -0.477 e. The Morgan fingerprint density at radius 2 is 2.29 bits per heavy atom. The van der Waals surface area contributed by atoms with Crippen LogP contribution in [0.5, 0.6) is 0 Å². The van der Waals surface area contributed by atoms with Crippen LogP contribution in [0.25, 0.3) is 0 Å². The van der Waals surface area contributed by atoms with Gasteiger partial charge in [0.05, 0.1) is 8.71 Å². The van der Waals surface area contributed by atoms with E-state index in [1.54, 1.807) is 11.3 Å². The zero-order chi connectivity index (χ0) is 15.4. The molecule has 0 radical (unpaired) electrons. The Morgan fingerprint density at radius 3 is 2.86 bits per heavy atom. The van der Waals surface area contributed by atoms with Gasteiger partial charge in [-0.2, -0.15) is 0 Å². The van der Waals surface area contributed by atoms with Gasteiger partial charge in [-0.15, -0.1) is 11.3 Å². The predicted molar refractivity (Wildman–Crippen MR) is 82.1 cm³/mol. The highest BCUT2D eigenvalue weighted by molar-refractivity contribution is 9.11. The van der Waals surface area contributed by atoms with Crippen molar-refractivity contribution in [2.45, 2.75) is 6.42 Å². The van der Waals surface area contributed by atoms with E-state index in [1.807, 2.05) is 12.1 Å². The lowest BCUT2D eigenvalue weighted by Gasteiger charge is -2.05. The molecule has 7 nitrogen and oxygen atoms in total. The summed E-state index contributed by atoms with van der Waals surface area (Å²) >= 11 is 4.98. The quantitative estimate of drug-likeness (QED) is 0.596. The Bertz CT molecular complexity index is 689. The molecule has 0 aliphatic heterocycles. The molecule has 2 aromatic heterocycles. The number of thiophene rings is 1. The number of nitrogens with zero attached hydrogens (tertiary/aromatic N) is 2. The van der Waals surface area contributed by atoms with Crippen LogP contribution in [-0.2, 0) is 6.42 Å². The van der Waals surface area contributed by atoms with Crippen molar-refractivity contribution in [1.29, 1.82) is 0 Å². The molecule has 2 aromatic rings. The number of carbonyl (C=O) groups is 1. The molecule has 110 valence electrons. The Balaban J connectivity index is 2.05. The lowest BCUT2D eigenvalue weighted by atomic mass is 10.2. The first-order valence-corrected chi connectivity index (χ1v) is 7.44. The number of hydrogen-bond donors (Lipinski definition) is 2. The van der Waals surface area contributed by atoms with Gasteiger partial charge in [0.25, 0.3) is 0 Å². The van der Waals surface area contributed by atoms with Crippen LogP contribution in [-0.4, -0.2) is 27.5 Å². The Labute approximate surface area is 131 Å². The van der Waals surface area contributed by atoms with E-state index in [4.69, 9.17) is 5.11 Å². The first kappa shape index (κ1) is 15.4. The third-order valence-corrected chi connectivity index (χ3v) is 4.30. The number of rotatable bonds is 6. The van der Waals surface area contributed by atoms with E-state index < -0.39 is 16.6 Å². The van der Waals surface area contributed by atoms with Crippen molar-refractivity contribution >= 4 is 44.7 Å². The molecule has 0 atom stereocenters. The maximum absolute atomic E-state index is 11.0. The Kier molecular flexibility index (Phi) is 4.86. The molecule has 2 N–H and O–H groups in total. The number of nitro groups is 1. The monoisotopic (exact) mass is 371 g/mol. The minimum absolute atomic E-state index is 0.300. The summed E-state index contributed by atoms with van der Waals surface area (Å²) in [7, 11) is 0. The van der Waals surface area contributed by atoms with Gasteiger partial charge >= 0.3 is 11.7 Å². The van der Waals surface area contributed by atoms with Crippen LogP contribution in [0, 0.1) is 10.1 Å². The molecule has 9 heteroatoms. The zero-order valence-corrected chi connectivity index (χ0v) is 13.0. The average Bonchev–Trinajstić information content (AvgIpc) is 2.84. The van der Waals surface area contributed by atoms with Crippen LogP contribution in [0.4, 0.5) is 11.5 Å². The smallest absolute Gasteiger partial charge is 0.342 e. The summed E-state index contributed by atoms with van der Waals surface area (Å²) in [5, 5.41) is 22.7. The molecule has 0 aliphatic carbocycles. The van der Waals surface area contributed by atoms with E-state index >= 15 is 0 Å². The van der Waals surface area contributed by atoms with Gasteiger partial charge in [-0.3, -0.25) is 10.1 Å². The normalized spacial score (nSPS) is 10.3. The molecule has 21 heavy (non-hydrogen) atoms. The van der Waals surface area contributed by atoms with Gasteiger partial charge < -0.3 is 10.4 Å².